The lowest BCUT2D eigenvalue weighted by molar-refractivity contribution is -0.147. The summed E-state index contributed by atoms with van der Waals surface area (Å²) in [5, 5.41) is 10.3. The van der Waals surface area contributed by atoms with Gasteiger partial charge in [-0.25, -0.2) is 0 Å². The summed E-state index contributed by atoms with van der Waals surface area (Å²) in [7, 11) is 0. The molecule has 198 valence electrons. The summed E-state index contributed by atoms with van der Waals surface area (Å²) in [4.78, 5) is 36.0. The Morgan fingerprint density at radius 3 is 2.24 bits per heavy atom. The predicted octanol–water partition coefficient (Wildman–Crippen LogP) is 6.58. The molecule has 0 saturated heterocycles. The summed E-state index contributed by atoms with van der Waals surface area (Å²) in [5.74, 6) is -5.30. The highest BCUT2D eigenvalue weighted by molar-refractivity contribution is 5.86. The molecule has 0 spiro atoms. The number of esters is 1. The minimum atomic E-state index is -3.32. The zero-order valence-electron chi connectivity index (χ0n) is 21.5. The van der Waals surface area contributed by atoms with E-state index in [1.165, 1.54) is 0 Å². The Kier molecular flexibility index (Phi) is 14.7. The molecule has 0 amide bonds. The number of rotatable bonds is 19. The maximum absolute atomic E-state index is 14.2. The van der Waals surface area contributed by atoms with Crippen molar-refractivity contribution in [3.05, 3.63) is 0 Å². The molecule has 7 heteroatoms. The first-order valence-corrected chi connectivity index (χ1v) is 13.4. The average Bonchev–Trinajstić information content (AvgIpc) is 3.02. The lowest BCUT2D eigenvalue weighted by Crippen LogP contribution is -2.30. The number of Topliss-reactive ketones (excluding diaryl/α,β-unsaturated/α-hetero) is 2. The van der Waals surface area contributed by atoms with Gasteiger partial charge in [0.05, 0.1) is 12.2 Å². The minimum Gasteiger partial charge on any atom is -0.463 e. The third-order valence-electron chi connectivity index (χ3n) is 6.81. The Hall–Kier alpha value is -1.37. The third kappa shape index (κ3) is 11.9. The highest BCUT2D eigenvalue weighted by atomic mass is 19.3. The van der Waals surface area contributed by atoms with Crippen LogP contribution in [0.1, 0.15) is 124 Å². The summed E-state index contributed by atoms with van der Waals surface area (Å²) in [6.45, 7) is 5.67. The number of unbranched alkanes of at least 4 members (excludes halogenated alkanes) is 8. The number of carbonyl (C=O) groups excluding carboxylic acids is 3. The second kappa shape index (κ2) is 16.3. The molecule has 0 bridgehead atoms. The summed E-state index contributed by atoms with van der Waals surface area (Å²) in [6.07, 6.45) is 8.03. The highest BCUT2D eigenvalue weighted by Crippen LogP contribution is 2.37. The van der Waals surface area contributed by atoms with Crippen LogP contribution < -0.4 is 0 Å². The topological polar surface area (TPSA) is 80.7 Å². The molecule has 0 aromatic rings. The molecule has 1 aliphatic carbocycles. The second-order valence-corrected chi connectivity index (χ2v) is 10.2. The Bertz CT molecular complexity index is 620. The van der Waals surface area contributed by atoms with Crippen LogP contribution in [0.4, 0.5) is 8.78 Å². The van der Waals surface area contributed by atoms with Crippen molar-refractivity contribution in [1.82, 2.24) is 0 Å². The zero-order valence-corrected chi connectivity index (χ0v) is 21.5. The maximum Gasteiger partial charge on any atom is 0.306 e. The van der Waals surface area contributed by atoms with Gasteiger partial charge < -0.3 is 9.84 Å². The van der Waals surface area contributed by atoms with E-state index < -0.39 is 30.1 Å². The van der Waals surface area contributed by atoms with Crippen molar-refractivity contribution in [2.75, 3.05) is 0 Å². The molecule has 3 atom stereocenters. The van der Waals surface area contributed by atoms with Crippen LogP contribution in [0.2, 0.25) is 0 Å². The van der Waals surface area contributed by atoms with E-state index in [-0.39, 0.29) is 43.0 Å². The van der Waals surface area contributed by atoms with E-state index in [2.05, 4.69) is 0 Å². The number of hydrogen-bond donors (Lipinski definition) is 1. The fourth-order valence-electron chi connectivity index (χ4n) is 4.84. The summed E-state index contributed by atoms with van der Waals surface area (Å²) in [6, 6.07) is 0. The Balaban J connectivity index is 2.30. The van der Waals surface area contributed by atoms with Crippen molar-refractivity contribution in [3.63, 3.8) is 0 Å². The van der Waals surface area contributed by atoms with Gasteiger partial charge in [-0.15, -0.1) is 0 Å². The van der Waals surface area contributed by atoms with Gasteiger partial charge in [-0.05, 0) is 45.4 Å². The Morgan fingerprint density at radius 1 is 0.971 bits per heavy atom. The van der Waals surface area contributed by atoms with Crippen molar-refractivity contribution in [2.45, 2.75) is 142 Å². The molecule has 0 unspecified atom stereocenters. The smallest absolute Gasteiger partial charge is 0.306 e. The lowest BCUT2D eigenvalue weighted by atomic mass is 9.85. The average molecular weight is 489 g/mol. The molecule has 1 aliphatic rings. The van der Waals surface area contributed by atoms with Crippen LogP contribution >= 0.6 is 0 Å². The number of ketones is 2. The van der Waals surface area contributed by atoms with Gasteiger partial charge in [0, 0.05) is 31.6 Å². The van der Waals surface area contributed by atoms with Crippen molar-refractivity contribution < 1.29 is 33.0 Å². The monoisotopic (exact) mass is 488 g/mol. The van der Waals surface area contributed by atoms with Gasteiger partial charge in [0.1, 0.15) is 5.78 Å². The molecule has 5 nitrogen and oxygen atoms in total. The van der Waals surface area contributed by atoms with Gasteiger partial charge in [0.25, 0.3) is 0 Å². The number of hydrogen-bond acceptors (Lipinski definition) is 5. The summed E-state index contributed by atoms with van der Waals surface area (Å²) < 4.78 is 33.4. The van der Waals surface area contributed by atoms with Gasteiger partial charge in [-0.3, -0.25) is 14.4 Å². The van der Waals surface area contributed by atoms with Gasteiger partial charge in [0.2, 0.25) is 5.78 Å². The largest absolute Gasteiger partial charge is 0.463 e. The molecule has 0 aromatic carbocycles. The first-order valence-electron chi connectivity index (χ1n) is 13.4. The molecule has 1 fully saturated rings. The van der Waals surface area contributed by atoms with Gasteiger partial charge in [-0.1, -0.05) is 58.3 Å². The number of aliphatic hydroxyl groups excluding tert-OH is 1. The molecule has 1 rings (SSSR count). The van der Waals surface area contributed by atoms with Crippen LogP contribution in [-0.4, -0.2) is 40.8 Å². The Labute approximate surface area is 204 Å². The SMILES string of the molecule is CCCCCCC(F)(F)C(=O)CC[C@H]1[C@H](O)CC(=O)[C@@H]1CCCCCCCCC(=O)OC(C)C. The third-order valence-corrected chi connectivity index (χ3v) is 6.81. The second-order valence-electron chi connectivity index (χ2n) is 10.2. The van der Waals surface area contributed by atoms with E-state index in [4.69, 9.17) is 4.74 Å². The van der Waals surface area contributed by atoms with Gasteiger partial charge in [0.15, 0.2) is 0 Å². The van der Waals surface area contributed by atoms with Crippen molar-refractivity contribution in [3.8, 4) is 0 Å². The number of aliphatic hydroxyl groups is 1. The normalized spacial score (nSPS) is 20.8. The predicted molar refractivity (Wildman–Crippen MR) is 129 cm³/mol. The molecule has 1 saturated carbocycles. The summed E-state index contributed by atoms with van der Waals surface area (Å²) >= 11 is 0. The number of ether oxygens (including phenoxy) is 1. The number of carbonyl (C=O) groups is 3. The molecule has 34 heavy (non-hydrogen) atoms. The first-order chi connectivity index (χ1) is 16.1. The Morgan fingerprint density at radius 2 is 1.59 bits per heavy atom. The highest BCUT2D eigenvalue weighted by Gasteiger charge is 2.43. The number of alkyl halides is 2. The quantitative estimate of drug-likeness (QED) is 0.164. The molecule has 0 radical (unpaired) electrons. The van der Waals surface area contributed by atoms with Crippen LogP contribution in [0.15, 0.2) is 0 Å². The van der Waals surface area contributed by atoms with E-state index in [1.54, 1.807) is 0 Å². The van der Waals surface area contributed by atoms with Crippen molar-refractivity contribution in [1.29, 1.82) is 0 Å². The van der Waals surface area contributed by atoms with E-state index in [0.717, 1.165) is 51.4 Å². The minimum absolute atomic E-state index is 0.0139. The molecule has 0 aromatic heterocycles. The van der Waals surface area contributed by atoms with Crippen LogP contribution in [-0.2, 0) is 19.1 Å². The van der Waals surface area contributed by atoms with E-state index in [9.17, 15) is 28.3 Å². The zero-order chi connectivity index (χ0) is 25.6. The van der Waals surface area contributed by atoms with E-state index in [1.807, 2.05) is 20.8 Å². The standard InChI is InChI=1S/C27H46F2O5/c1-4-5-6-13-18-27(28,29)25(32)17-16-22-21(23(30)19-24(22)31)14-11-9-7-8-10-12-15-26(33)34-20(2)3/h20-22,24,31H,4-19H2,1-3H3/t21-,22-,24-/m1/s1. The molecular formula is C27H46F2O5. The van der Waals surface area contributed by atoms with Gasteiger partial charge in [-0.2, -0.15) is 8.78 Å². The van der Waals surface area contributed by atoms with Crippen LogP contribution in [0.5, 0.6) is 0 Å². The number of halogens is 2. The van der Waals surface area contributed by atoms with Crippen molar-refractivity contribution >= 4 is 17.5 Å². The van der Waals surface area contributed by atoms with Crippen molar-refractivity contribution in [2.24, 2.45) is 11.8 Å². The molecular weight excluding hydrogens is 442 g/mol. The summed E-state index contributed by atoms with van der Waals surface area (Å²) in [5.41, 5.74) is 0. The molecule has 0 aliphatic heterocycles. The fourth-order valence-corrected chi connectivity index (χ4v) is 4.84. The maximum atomic E-state index is 14.2. The molecule has 1 N–H and O–H groups in total. The van der Waals surface area contributed by atoms with Crippen LogP contribution in [0.3, 0.4) is 0 Å². The fraction of sp³-hybridized carbons (Fsp3) is 0.889. The van der Waals surface area contributed by atoms with E-state index in [0.29, 0.717) is 25.7 Å². The lowest BCUT2D eigenvalue weighted by Gasteiger charge is -2.22. The van der Waals surface area contributed by atoms with Crippen LogP contribution in [0, 0.1) is 11.8 Å². The van der Waals surface area contributed by atoms with Gasteiger partial charge >= 0.3 is 11.9 Å². The first kappa shape index (κ1) is 30.7. The van der Waals surface area contributed by atoms with E-state index >= 15 is 0 Å². The van der Waals surface area contributed by atoms with Crippen LogP contribution in [0.25, 0.3) is 0 Å². The molecule has 0 heterocycles.